The molecule has 8 heteroatoms. The predicted molar refractivity (Wildman–Crippen MR) is 73.0 cm³/mol. The van der Waals surface area contributed by atoms with Crippen molar-refractivity contribution < 1.29 is 4.52 Å². The van der Waals surface area contributed by atoms with Crippen LogP contribution in [0.15, 0.2) is 4.52 Å². The molecule has 3 heterocycles. The van der Waals surface area contributed by atoms with E-state index in [4.69, 9.17) is 10.3 Å². The van der Waals surface area contributed by atoms with Crippen molar-refractivity contribution in [1.29, 1.82) is 0 Å². The van der Waals surface area contributed by atoms with Gasteiger partial charge < -0.3 is 10.3 Å². The van der Waals surface area contributed by atoms with E-state index in [0.717, 1.165) is 29.7 Å². The van der Waals surface area contributed by atoms with Gasteiger partial charge in [-0.05, 0) is 13.3 Å². The first kappa shape index (κ1) is 12.6. The quantitative estimate of drug-likeness (QED) is 0.763. The summed E-state index contributed by atoms with van der Waals surface area (Å²) in [6, 6.07) is 0. The zero-order valence-corrected chi connectivity index (χ0v) is 11.8. The van der Waals surface area contributed by atoms with Crippen LogP contribution in [0.5, 0.6) is 0 Å². The molecule has 106 valence electrons. The Bertz CT molecular complexity index is 751. The molecule has 8 nitrogen and oxygen atoms in total. The molecule has 0 bridgehead atoms. The number of hydrogen-bond acceptors (Lipinski definition) is 6. The Hall–Kier alpha value is -2.38. The zero-order chi connectivity index (χ0) is 14.3. The van der Waals surface area contributed by atoms with Crippen molar-refractivity contribution in [2.75, 3.05) is 5.73 Å². The normalized spacial score (nSPS) is 11.6. The number of nitrogen functional groups attached to an aromatic ring is 1. The van der Waals surface area contributed by atoms with E-state index < -0.39 is 0 Å². The zero-order valence-electron chi connectivity index (χ0n) is 11.8. The molecule has 0 fully saturated rings. The summed E-state index contributed by atoms with van der Waals surface area (Å²) in [5, 5.41) is 8.28. The molecular formula is C12H17N7O. The summed E-state index contributed by atoms with van der Waals surface area (Å²) < 4.78 is 8.78. The maximum absolute atomic E-state index is 6.01. The molecule has 2 N–H and O–H groups in total. The fourth-order valence-electron chi connectivity index (χ4n) is 2.36. The van der Waals surface area contributed by atoms with Crippen molar-refractivity contribution in [3.8, 4) is 0 Å². The lowest BCUT2D eigenvalue weighted by Crippen LogP contribution is -2.08. The van der Waals surface area contributed by atoms with E-state index >= 15 is 0 Å². The summed E-state index contributed by atoms with van der Waals surface area (Å²) in [5.41, 5.74) is 8.70. The standard InChI is InChI=1S/C12H17N7O/c1-4-5-8-10-11(18(3)16-8)19(12(13)15-10)6-9-14-7(2)17-20-9/h4-6H2,1-3H3,(H2,13,15). The molecule has 0 saturated carbocycles. The number of nitrogens with zero attached hydrogens (tertiary/aromatic N) is 6. The van der Waals surface area contributed by atoms with Crippen LogP contribution in [0.2, 0.25) is 0 Å². The highest BCUT2D eigenvalue weighted by Gasteiger charge is 2.19. The van der Waals surface area contributed by atoms with Crippen LogP contribution >= 0.6 is 0 Å². The van der Waals surface area contributed by atoms with Gasteiger partial charge >= 0.3 is 0 Å². The predicted octanol–water partition coefficient (Wildman–Crippen LogP) is 1.04. The van der Waals surface area contributed by atoms with Crippen LogP contribution in [-0.2, 0) is 20.0 Å². The Balaban J connectivity index is 2.08. The monoisotopic (exact) mass is 275 g/mol. The van der Waals surface area contributed by atoms with Crippen LogP contribution in [0, 0.1) is 6.92 Å². The molecule has 3 rings (SSSR count). The van der Waals surface area contributed by atoms with Gasteiger partial charge in [0.25, 0.3) is 0 Å². The summed E-state index contributed by atoms with van der Waals surface area (Å²) in [4.78, 5) is 8.62. The van der Waals surface area contributed by atoms with Gasteiger partial charge in [-0.2, -0.15) is 10.1 Å². The second-order valence-electron chi connectivity index (χ2n) is 4.78. The van der Waals surface area contributed by atoms with E-state index in [0.29, 0.717) is 24.2 Å². The first-order chi connectivity index (χ1) is 9.60. The lowest BCUT2D eigenvalue weighted by molar-refractivity contribution is 0.369. The first-order valence-electron chi connectivity index (χ1n) is 6.57. The Labute approximate surface area is 115 Å². The molecule has 0 aliphatic heterocycles. The maximum atomic E-state index is 6.01. The van der Waals surface area contributed by atoms with E-state index in [-0.39, 0.29) is 0 Å². The third-order valence-electron chi connectivity index (χ3n) is 3.17. The molecule has 0 amide bonds. The number of rotatable bonds is 4. The first-order valence-corrected chi connectivity index (χ1v) is 6.57. The molecule has 0 atom stereocenters. The lowest BCUT2D eigenvalue weighted by Gasteiger charge is -2.02. The summed E-state index contributed by atoms with van der Waals surface area (Å²) in [5.74, 6) is 1.54. The van der Waals surface area contributed by atoms with Crippen molar-refractivity contribution in [3.05, 3.63) is 17.4 Å². The van der Waals surface area contributed by atoms with Gasteiger partial charge in [-0.15, -0.1) is 0 Å². The van der Waals surface area contributed by atoms with Crippen molar-refractivity contribution in [1.82, 2.24) is 29.5 Å². The van der Waals surface area contributed by atoms with Crippen LogP contribution in [0.3, 0.4) is 0 Å². The average molecular weight is 275 g/mol. The molecule has 0 saturated heterocycles. The van der Waals surface area contributed by atoms with Crippen molar-refractivity contribution in [2.24, 2.45) is 7.05 Å². The van der Waals surface area contributed by atoms with Gasteiger partial charge in [-0.1, -0.05) is 18.5 Å². The second-order valence-corrected chi connectivity index (χ2v) is 4.78. The van der Waals surface area contributed by atoms with E-state index in [1.54, 1.807) is 11.6 Å². The van der Waals surface area contributed by atoms with E-state index in [2.05, 4.69) is 27.1 Å². The molecule has 3 aromatic heterocycles. The van der Waals surface area contributed by atoms with Gasteiger partial charge in [0.2, 0.25) is 11.8 Å². The van der Waals surface area contributed by atoms with Crippen molar-refractivity contribution >= 4 is 17.1 Å². The number of anilines is 1. The molecule has 0 aromatic carbocycles. The van der Waals surface area contributed by atoms with Crippen LogP contribution in [0.4, 0.5) is 5.95 Å². The summed E-state index contributed by atoms with van der Waals surface area (Å²) in [7, 11) is 1.89. The number of hydrogen-bond donors (Lipinski definition) is 1. The Morgan fingerprint density at radius 1 is 1.30 bits per heavy atom. The maximum Gasteiger partial charge on any atom is 0.246 e. The van der Waals surface area contributed by atoms with Gasteiger partial charge in [-0.25, -0.2) is 4.98 Å². The van der Waals surface area contributed by atoms with Gasteiger partial charge in [-0.3, -0.25) is 9.25 Å². The van der Waals surface area contributed by atoms with Gasteiger partial charge in [0.1, 0.15) is 12.1 Å². The fourth-order valence-corrected chi connectivity index (χ4v) is 2.36. The summed E-state index contributed by atoms with van der Waals surface area (Å²) in [6.45, 7) is 4.29. The molecule has 0 aliphatic rings. The molecule has 0 unspecified atom stereocenters. The molecule has 0 spiro atoms. The average Bonchev–Trinajstić information content (AvgIpc) is 3.02. The van der Waals surface area contributed by atoms with Crippen LogP contribution in [-0.4, -0.2) is 29.5 Å². The Morgan fingerprint density at radius 2 is 2.10 bits per heavy atom. The highest BCUT2D eigenvalue weighted by atomic mass is 16.5. The minimum atomic E-state index is 0.397. The fraction of sp³-hybridized carbons (Fsp3) is 0.500. The van der Waals surface area contributed by atoms with E-state index in [9.17, 15) is 0 Å². The van der Waals surface area contributed by atoms with Crippen LogP contribution in [0.1, 0.15) is 30.8 Å². The van der Waals surface area contributed by atoms with Crippen molar-refractivity contribution in [2.45, 2.75) is 33.2 Å². The third-order valence-corrected chi connectivity index (χ3v) is 3.17. The molecule has 0 aliphatic carbocycles. The Kier molecular flexibility index (Phi) is 2.92. The van der Waals surface area contributed by atoms with Gasteiger partial charge in [0.15, 0.2) is 11.5 Å². The molecular weight excluding hydrogens is 258 g/mol. The highest BCUT2D eigenvalue weighted by molar-refractivity contribution is 5.77. The van der Waals surface area contributed by atoms with E-state index in [1.807, 2.05) is 11.6 Å². The number of aryl methyl sites for hydroxylation is 3. The van der Waals surface area contributed by atoms with Crippen LogP contribution < -0.4 is 5.73 Å². The number of imidazole rings is 1. The lowest BCUT2D eigenvalue weighted by atomic mass is 10.2. The number of nitrogens with two attached hydrogens (primary N) is 1. The molecule has 20 heavy (non-hydrogen) atoms. The van der Waals surface area contributed by atoms with E-state index in [1.165, 1.54) is 0 Å². The highest BCUT2D eigenvalue weighted by Crippen LogP contribution is 2.22. The SMILES string of the molecule is CCCc1nn(C)c2c1nc(N)n2Cc1nc(C)no1. The van der Waals surface area contributed by atoms with Crippen LogP contribution in [0.25, 0.3) is 11.2 Å². The Morgan fingerprint density at radius 3 is 2.75 bits per heavy atom. The van der Waals surface area contributed by atoms with Gasteiger partial charge in [0, 0.05) is 7.05 Å². The summed E-state index contributed by atoms with van der Waals surface area (Å²) >= 11 is 0. The minimum absolute atomic E-state index is 0.397. The van der Waals surface area contributed by atoms with Gasteiger partial charge in [0.05, 0.1) is 5.69 Å². The number of aromatic nitrogens is 6. The van der Waals surface area contributed by atoms with Crippen molar-refractivity contribution in [3.63, 3.8) is 0 Å². The number of fused-ring (bicyclic) bond motifs is 1. The topological polar surface area (TPSA) is 101 Å². The third kappa shape index (κ3) is 1.93. The largest absolute Gasteiger partial charge is 0.369 e. The minimum Gasteiger partial charge on any atom is -0.369 e. The molecule has 3 aromatic rings. The second kappa shape index (κ2) is 4.62. The summed E-state index contributed by atoms with van der Waals surface area (Å²) in [6.07, 6.45) is 1.90. The molecule has 0 radical (unpaired) electrons. The smallest absolute Gasteiger partial charge is 0.246 e.